The molecule has 0 radical (unpaired) electrons. The average Bonchev–Trinajstić information content (AvgIpc) is 3.52. The number of pyridine rings is 1. The van der Waals surface area contributed by atoms with Gasteiger partial charge in [-0.25, -0.2) is 0 Å². The Labute approximate surface area is 195 Å². The van der Waals surface area contributed by atoms with Crippen LogP contribution < -0.4 is 5.73 Å². The Hall–Kier alpha value is -2.19. The zero-order chi connectivity index (χ0) is 22.9. The van der Waals surface area contributed by atoms with Crippen molar-refractivity contribution in [3.8, 4) is 0 Å². The van der Waals surface area contributed by atoms with Crippen molar-refractivity contribution in [3.05, 3.63) is 23.7 Å². The molecule has 1 saturated heterocycles. The normalized spacial score (nSPS) is 28.4. The van der Waals surface area contributed by atoms with Gasteiger partial charge in [0.05, 0.1) is 17.8 Å². The maximum atomic E-state index is 13.3. The van der Waals surface area contributed by atoms with Crippen LogP contribution in [0.15, 0.2) is 12.3 Å². The summed E-state index contributed by atoms with van der Waals surface area (Å²) in [5.41, 5.74) is 6.89. The smallest absolute Gasteiger partial charge is 0.269 e. The van der Waals surface area contributed by atoms with Crippen LogP contribution in [0.2, 0.25) is 0 Å². The molecule has 2 N–H and O–H groups in total. The summed E-state index contributed by atoms with van der Waals surface area (Å²) in [5.74, 6) is -0.203. The fourth-order valence-corrected chi connectivity index (χ4v) is 6.00. The number of piperidine rings is 1. The minimum absolute atomic E-state index is 0.0644. The monoisotopic (exact) mass is 477 g/mol. The molecule has 3 heterocycles. The van der Waals surface area contributed by atoms with E-state index in [1.807, 2.05) is 13.8 Å². The van der Waals surface area contributed by atoms with Gasteiger partial charge in [-0.3, -0.25) is 24.0 Å². The molecule has 0 aromatic carbocycles. The van der Waals surface area contributed by atoms with Crippen molar-refractivity contribution in [3.63, 3.8) is 0 Å². The lowest BCUT2D eigenvalue weighted by molar-refractivity contribution is -0.139. The van der Waals surface area contributed by atoms with E-state index in [9.17, 15) is 14.4 Å². The van der Waals surface area contributed by atoms with Crippen LogP contribution in [0.1, 0.15) is 48.8 Å². The van der Waals surface area contributed by atoms with Gasteiger partial charge in [0.15, 0.2) is 11.5 Å². The molecule has 0 bridgehead atoms. The van der Waals surface area contributed by atoms with Gasteiger partial charge in [0.25, 0.3) is 5.91 Å². The zero-order valence-electron chi connectivity index (χ0n) is 17.9. The number of carbonyl (C=O) groups excluding carboxylic acids is 3. The number of aromatic nitrogens is 3. The van der Waals surface area contributed by atoms with E-state index in [1.165, 1.54) is 4.68 Å². The fraction of sp³-hybridized carbons (Fsp3) is 0.591. The molecule has 0 spiro atoms. The molecule has 2 saturated carbocycles. The van der Waals surface area contributed by atoms with E-state index in [0.29, 0.717) is 36.1 Å². The average molecular weight is 478 g/mol. The number of nitrogens with two attached hydrogens (primary N) is 1. The molecule has 8 nitrogen and oxygen atoms in total. The van der Waals surface area contributed by atoms with E-state index in [2.05, 4.69) is 10.1 Å². The molecule has 5 rings (SSSR count). The first kappa shape index (κ1) is 21.6. The Morgan fingerprint density at radius 3 is 2.69 bits per heavy atom. The summed E-state index contributed by atoms with van der Waals surface area (Å²) in [6.45, 7) is 3.72. The number of hydrogen-bond donors (Lipinski definition) is 1. The highest BCUT2D eigenvalue weighted by Crippen LogP contribution is 2.58. The Balaban J connectivity index is 1.35. The molecular weight excluding hydrogens is 453 g/mol. The number of Topliss-reactive ketones (excluding diaryl/α,β-unsaturated/α-hetero) is 1. The van der Waals surface area contributed by atoms with Gasteiger partial charge >= 0.3 is 0 Å². The van der Waals surface area contributed by atoms with E-state index >= 15 is 0 Å². The number of amides is 2. The summed E-state index contributed by atoms with van der Waals surface area (Å²) in [6.07, 6.45) is 4.27. The number of nitrogens with zero attached hydrogens (tertiary/aromatic N) is 4. The Morgan fingerprint density at radius 1 is 1.31 bits per heavy atom. The molecule has 170 valence electrons. The van der Waals surface area contributed by atoms with Gasteiger partial charge in [0.2, 0.25) is 5.91 Å². The molecule has 10 heteroatoms. The van der Waals surface area contributed by atoms with Crippen molar-refractivity contribution in [1.29, 1.82) is 0 Å². The number of hydrogen-bond acceptors (Lipinski definition) is 5. The number of halogens is 2. The molecule has 2 amide bonds. The van der Waals surface area contributed by atoms with Gasteiger partial charge in [-0.15, -0.1) is 23.2 Å². The van der Waals surface area contributed by atoms with Crippen LogP contribution >= 0.6 is 23.2 Å². The first-order valence-corrected chi connectivity index (χ1v) is 11.7. The third-order valence-electron chi connectivity index (χ3n) is 7.14. The molecular formula is C22H25Cl2N5O3. The SMILES string of the molecule is Cc1cc2c(C(N)=O)nn(CC(=O)N3[C@@H]4C[C@@H]4C[C@H]3C(=O)C[C@H](C)[C@H]3CC3(Cl)Cl)c2cn1. The van der Waals surface area contributed by atoms with Crippen LogP contribution in [-0.2, 0) is 16.1 Å². The molecule has 2 aromatic heterocycles. The second-order valence-electron chi connectivity index (χ2n) is 9.55. The molecule has 1 aliphatic heterocycles. The molecule has 3 aliphatic rings. The van der Waals surface area contributed by atoms with Gasteiger partial charge in [0.1, 0.15) is 10.9 Å². The topological polar surface area (TPSA) is 111 Å². The zero-order valence-corrected chi connectivity index (χ0v) is 19.4. The highest BCUT2D eigenvalue weighted by molar-refractivity contribution is 6.50. The summed E-state index contributed by atoms with van der Waals surface area (Å²) in [6, 6.07) is 1.41. The van der Waals surface area contributed by atoms with E-state index < -0.39 is 16.3 Å². The van der Waals surface area contributed by atoms with Crippen molar-refractivity contribution in [1.82, 2.24) is 19.7 Å². The fourth-order valence-electron chi connectivity index (χ4n) is 5.24. The minimum Gasteiger partial charge on any atom is -0.364 e. The van der Waals surface area contributed by atoms with Crippen molar-refractivity contribution in [2.75, 3.05) is 0 Å². The quantitative estimate of drug-likeness (QED) is 0.615. The third kappa shape index (κ3) is 3.67. The number of fused-ring (bicyclic) bond motifs is 2. The van der Waals surface area contributed by atoms with Crippen LogP contribution in [0.3, 0.4) is 0 Å². The lowest BCUT2D eigenvalue weighted by Gasteiger charge is -2.27. The summed E-state index contributed by atoms with van der Waals surface area (Å²) in [7, 11) is 0. The van der Waals surface area contributed by atoms with Gasteiger partial charge in [-0.2, -0.15) is 5.10 Å². The first-order chi connectivity index (χ1) is 15.1. The van der Waals surface area contributed by atoms with Crippen molar-refractivity contribution in [2.45, 2.75) is 62.5 Å². The predicted molar refractivity (Wildman–Crippen MR) is 119 cm³/mol. The maximum Gasteiger partial charge on any atom is 0.269 e. The lowest BCUT2D eigenvalue weighted by atomic mass is 9.94. The van der Waals surface area contributed by atoms with Crippen LogP contribution in [0.4, 0.5) is 0 Å². The first-order valence-electron chi connectivity index (χ1n) is 10.9. The van der Waals surface area contributed by atoms with Crippen molar-refractivity contribution in [2.24, 2.45) is 23.5 Å². The predicted octanol–water partition coefficient (Wildman–Crippen LogP) is 2.62. The summed E-state index contributed by atoms with van der Waals surface area (Å²) < 4.78 is 0.738. The van der Waals surface area contributed by atoms with E-state index in [-0.39, 0.29) is 41.8 Å². The van der Waals surface area contributed by atoms with Gasteiger partial charge < -0.3 is 10.6 Å². The van der Waals surface area contributed by atoms with E-state index in [1.54, 1.807) is 17.2 Å². The van der Waals surface area contributed by atoms with Gasteiger partial charge in [0, 0.05) is 23.5 Å². The Bertz CT molecular complexity index is 1150. The molecule has 3 fully saturated rings. The largest absolute Gasteiger partial charge is 0.364 e. The van der Waals surface area contributed by atoms with Gasteiger partial charge in [-0.1, -0.05) is 6.92 Å². The van der Waals surface area contributed by atoms with E-state index in [0.717, 1.165) is 12.1 Å². The summed E-state index contributed by atoms with van der Waals surface area (Å²) >= 11 is 12.3. The Kier molecular flexibility index (Phi) is 5.02. The number of rotatable bonds is 7. The number of ketones is 1. The standard InChI is InChI=1S/C22H25Cl2N5O3/c1-10(14-7-22(14,23)24)3-18(30)16-6-12-5-15(12)29(16)19(31)9-28-17-8-26-11(2)4-13(17)20(27-28)21(25)32/h4,8,10,12,14-16H,3,5-7,9H2,1-2H3,(H2,25,32)/t10-,12+,14+,15+,16-/m0/s1. The van der Waals surface area contributed by atoms with Crippen LogP contribution in [0.5, 0.6) is 0 Å². The van der Waals surface area contributed by atoms with Gasteiger partial charge in [-0.05, 0) is 50.0 Å². The minimum atomic E-state index is -0.724. The number of alkyl halides is 2. The Morgan fingerprint density at radius 2 is 2.03 bits per heavy atom. The lowest BCUT2D eigenvalue weighted by Crippen LogP contribution is -2.45. The highest BCUT2D eigenvalue weighted by Gasteiger charge is 2.57. The molecule has 2 aliphatic carbocycles. The molecule has 2 aromatic rings. The number of primary amides is 1. The van der Waals surface area contributed by atoms with Crippen molar-refractivity contribution >= 4 is 51.7 Å². The third-order valence-corrected chi connectivity index (χ3v) is 8.01. The van der Waals surface area contributed by atoms with Crippen LogP contribution in [-0.4, -0.2) is 53.7 Å². The summed E-state index contributed by atoms with van der Waals surface area (Å²) in [5, 5.41) is 4.86. The maximum absolute atomic E-state index is 13.3. The van der Waals surface area contributed by atoms with Crippen LogP contribution in [0.25, 0.3) is 10.9 Å². The van der Waals surface area contributed by atoms with Crippen LogP contribution in [0, 0.1) is 24.7 Å². The summed E-state index contributed by atoms with van der Waals surface area (Å²) in [4.78, 5) is 44.3. The highest BCUT2D eigenvalue weighted by atomic mass is 35.5. The van der Waals surface area contributed by atoms with E-state index in [4.69, 9.17) is 28.9 Å². The molecule has 32 heavy (non-hydrogen) atoms. The van der Waals surface area contributed by atoms with Crippen molar-refractivity contribution < 1.29 is 14.4 Å². The number of aryl methyl sites for hydroxylation is 1. The number of likely N-dealkylation sites (tertiary alicyclic amines) is 1. The molecule has 0 unspecified atom stereocenters. The second-order valence-corrected chi connectivity index (χ2v) is 11.1. The molecule has 5 atom stereocenters. The second kappa shape index (κ2) is 7.42. The number of carbonyl (C=O) groups is 3.